The summed E-state index contributed by atoms with van der Waals surface area (Å²) in [6.07, 6.45) is -1.71. The first kappa shape index (κ1) is 42.0. The monoisotopic (exact) mass is 827 g/mol. The molecule has 0 aliphatic carbocycles. The van der Waals surface area contributed by atoms with Crippen molar-refractivity contribution in [3.05, 3.63) is 77.4 Å². The summed E-state index contributed by atoms with van der Waals surface area (Å²) in [6, 6.07) is 16.1. The highest BCUT2D eigenvalue weighted by Crippen LogP contribution is 2.41. The molecule has 0 spiro atoms. The smallest absolute Gasteiger partial charge is 0.417 e. The lowest BCUT2D eigenvalue weighted by atomic mass is 9.94. The predicted molar refractivity (Wildman–Crippen MR) is 219 cm³/mol. The number of likely N-dealkylation sites (tertiary alicyclic amines) is 1. The Kier molecular flexibility index (Phi) is 12.7. The second kappa shape index (κ2) is 17.5. The van der Waals surface area contributed by atoms with Gasteiger partial charge in [0.15, 0.2) is 5.11 Å². The average molecular weight is 828 g/mol. The van der Waals surface area contributed by atoms with E-state index in [9.17, 15) is 42.0 Å². The lowest BCUT2D eigenvalue weighted by molar-refractivity contribution is -0.138. The van der Waals surface area contributed by atoms with Crippen LogP contribution in [0.5, 0.6) is 5.75 Å². The van der Waals surface area contributed by atoms with Gasteiger partial charge in [-0.1, -0.05) is 6.07 Å². The molecule has 3 N–H and O–H groups in total. The first-order valence-electron chi connectivity index (χ1n) is 18.9. The van der Waals surface area contributed by atoms with E-state index in [0.29, 0.717) is 47.3 Å². The highest BCUT2D eigenvalue weighted by Gasteiger charge is 2.51. The SMILES string of the molecule is CC1(C)C(=O)N(c2ccc(C#N)c(C(F)(F)F)c2)C(=S)N1c1ccc(OCCC2CCN(CC(=O)Nc3cccc(NC4CCC(=O)NC4=O)c3)CC2)c(CCF)c1.[HH].[HH].[HH]. The molecule has 3 aromatic carbocycles. The topological polar surface area (TPSA) is 147 Å². The Morgan fingerprint density at radius 3 is 2.45 bits per heavy atom. The lowest BCUT2D eigenvalue weighted by Crippen LogP contribution is -2.47. The molecule has 3 fully saturated rings. The maximum absolute atomic E-state index is 13.8. The number of aryl methyl sites for hydroxylation is 1. The average Bonchev–Trinajstić information content (AvgIpc) is 3.35. The number of anilines is 4. The fraction of sp³-hybridized carbons (Fsp3) is 0.415. The van der Waals surface area contributed by atoms with Crippen LogP contribution in [0.1, 0.15) is 66.9 Å². The van der Waals surface area contributed by atoms with Crippen molar-refractivity contribution in [2.45, 2.75) is 70.1 Å². The van der Waals surface area contributed by atoms with Crippen LogP contribution in [0.3, 0.4) is 0 Å². The number of thiocarbonyl (C=S) groups is 1. The normalized spacial score (nSPS) is 18.9. The quantitative estimate of drug-likeness (QED) is 0.0929. The summed E-state index contributed by atoms with van der Waals surface area (Å²) in [4.78, 5) is 54.7. The van der Waals surface area contributed by atoms with Gasteiger partial charge in [-0.15, -0.1) is 0 Å². The van der Waals surface area contributed by atoms with Crippen LogP contribution in [0, 0.1) is 17.2 Å². The maximum atomic E-state index is 13.8. The number of alkyl halides is 4. The van der Waals surface area contributed by atoms with E-state index >= 15 is 0 Å². The number of hydrogen-bond donors (Lipinski definition) is 3. The summed E-state index contributed by atoms with van der Waals surface area (Å²) in [5.74, 6) is -0.583. The number of nitriles is 1. The summed E-state index contributed by atoms with van der Waals surface area (Å²) in [5, 5.41) is 17.5. The molecule has 1 atom stereocenters. The molecule has 3 heterocycles. The number of piperidine rings is 2. The van der Waals surface area contributed by atoms with E-state index in [1.165, 1.54) is 17.0 Å². The third kappa shape index (κ3) is 9.40. The molecule has 0 radical (unpaired) electrons. The number of rotatable bonds is 13. The molecule has 58 heavy (non-hydrogen) atoms. The van der Waals surface area contributed by atoms with Crippen LogP contribution in [0.4, 0.5) is 40.3 Å². The molecule has 3 aromatic rings. The van der Waals surface area contributed by atoms with E-state index in [-0.39, 0.29) is 52.2 Å². The number of amides is 4. The van der Waals surface area contributed by atoms with E-state index in [4.69, 9.17) is 17.0 Å². The second-order valence-electron chi connectivity index (χ2n) is 15.0. The van der Waals surface area contributed by atoms with Crippen LogP contribution in [0.15, 0.2) is 60.7 Å². The summed E-state index contributed by atoms with van der Waals surface area (Å²) in [6.45, 7) is 4.54. The van der Waals surface area contributed by atoms with Crippen molar-refractivity contribution < 1.29 is 45.8 Å². The summed E-state index contributed by atoms with van der Waals surface area (Å²) in [5.41, 5.74) is -0.967. The van der Waals surface area contributed by atoms with E-state index < -0.39 is 41.5 Å². The largest absolute Gasteiger partial charge is 0.493 e. The van der Waals surface area contributed by atoms with Crippen LogP contribution in [0.2, 0.25) is 0 Å². The third-order valence-corrected chi connectivity index (χ3v) is 11.0. The van der Waals surface area contributed by atoms with Gasteiger partial charge in [-0.3, -0.25) is 38.7 Å². The molecule has 0 bridgehead atoms. The van der Waals surface area contributed by atoms with E-state index in [2.05, 4.69) is 20.9 Å². The van der Waals surface area contributed by atoms with Gasteiger partial charge in [0.25, 0.3) is 5.91 Å². The predicted octanol–water partition coefficient (Wildman–Crippen LogP) is 7.08. The molecular weight excluding hydrogens is 779 g/mol. The Bertz CT molecular complexity index is 2150. The minimum atomic E-state index is -4.83. The Balaban J connectivity index is 0.00000331. The Morgan fingerprint density at radius 1 is 1.03 bits per heavy atom. The van der Waals surface area contributed by atoms with Crippen molar-refractivity contribution in [3.63, 3.8) is 0 Å². The Hall–Kier alpha value is -5.60. The van der Waals surface area contributed by atoms with E-state index in [1.807, 2.05) is 0 Å². The zero-order valence-electron chi connectivity index (χ0n) is 32.0. The van der Waals surface area contributed by atoms with Crippen LogP contribution >= 0.6 is 12.2 Å². The van der Waals surface area contributed by atoms with Gasteiger partial charge in [-0.25, -0.2) is 0 Å². The number of halogens is 4. The summed E-state index contributed by atoms with van der Waals surface area (Å²) >= 11 is 5.66. The van der Waals surface area contributed by atoms with E-state index in [1.54, 1.807) is 56.3 Å². The highest BCUT2D eigenvalue weighted by atomic mass is 32.1. The zero-order chi connectivity index (χ0) is 41.8. The van der Waals surface area contributed by atoms with Crippen LogP contribution in [-0.2, 0) is 31.8 Å². The number of imide groups is 1. The van der Waals surface area contributed by atoms with Crippen LogP contribution < -0.4 is 30.5 Å². The zero-order valence-corrected chi connectivity index (χ0v) is 32.8. The van der Waals surface area contributed by atoms with Gasteiger partial charge < -0.3 is 20.3 Å². The molecule has 3 aliphatic rings. The first-order valence-corrected chi connectivity index (χ1v) is 19.3. The van der Waals surface area contributed by atoms with Crippen molar-refractivity contribution in [3.8, 4) is 11.8 Å². The van der Waals surface area contributed by atoms with Crippen LogP contribution in [-0.4, -0.2) is 78.1 Å². The fourth-order valence-corrected chi connectivity index (χ4v) is 8.02. The molecule has 3 aliphatic heterocycles. The third-order valence-electron chi connectivity index (χ3n) is 10.6. The van der Waals surface area contributed by atoms with Gasteiger partial charge in [0, 0.05) is 34.2 Å². The molecule has 12 nitrogen and oxygen atoms in total. The number of ether oxygens (including phenoxy) is 1. The van der Waals surface area contributed by atoms with Gasteiger partial charge in [0.2, 0.25) is 17.7 Å². The van der Waals surface area contributed by atoms with Crippen molar-refractivity contribution in [1.82, 2.24) is 10.2 Å². The molecule has 3 saturated heterocycles. The highest BCUT2D eigenvalue weighted by molar-refractivity contribution is 7.81. The summed E-state index contributed by atoms with van der Waals surface area (Å²) < 4.78 is 61.2. The minimum absolute atomic E-state index is 0. The van der Waals surface area contributed by atoms with Gasteiger partial charge in [-0.05, 0) is 131 Å². The van der Waals surface area contributed by atoms with Gasteiger partial charge in [0.05, 0.1) is 42.7 Å². The van der Waals surface area contributed by atoms with Gasteiger partial charge >= 0.3 is 6.18 Å². The molecule has 312 valence electrons. The lowest BCUT2D eigenvalue weighted by Gasteiger charge is -2.31. The Morgan fingerprint density at radius 2 is 1.76 bits per heavy atom. The number of nitrogens with one attached hydrogen (secondary N) is 3. The number of carbonyl (C=O) groups is 4. The minimum Gasteiger partial charge on any atom is -0.493 e. The van der Waals surface area contributed by atoms with Crippen molar-refractivity contribution in [2.75, 3.05) is 53.3 Å². The molecule has 0 aromatic heterocycles. The van der Waals surface area contributed by atoms with Crippen molar-refractivity contribution in [2.24, 2.45) is 5.92 Å². The second-order valence-corrected chi connectivity index (χ2v) is 15.4. The van der Waals surface area contributed by atoms with Crippen molar-refractivity contribution >= 4 is 63.7 Å². The van der Waals surface area contributed by atoms with E-state index in [0.717, 1.165) is 49.4 Å². The molecule has 1 unspecified atom stereocenters. The fourth-order valence-electron chi connectivity index (χ4n) is 7.49. The standard InChI is InChI=1S/C41H43F4N7O5S.3H2/c1-40(2)38(56)51(30-7-6-27(23-46)32(22-30)41(43,44)45)39(58)52(40)31-8-10-34(26(20-31)12-16-42)57-19-15-25-13-17-50(18-14-25)24-36(54)48-29-5-3-4-28(21-29)47-33-9-11-35(53)49-37(33)55;;;/h3-8,10,20-22,25,33,47H,9,11-19,24H2,1-2H3,(H,48,54)(H,49,53,55);3*1H. The number of hydrogen-bond acceptors (Lipinski definition) is 9. The van der Waals surface area contributed by atoms with Crippen molar-refractivity contribution in [1.29, 1.82) is 5.26 Å². The maximum Gasteiger partial charge on any atom is 0.417 e. The summed E-state index contributed by atoms with van der Waals surface area (Å²) in [7, 11) is 0. The van der Waals surface area contributed by atoms with Crippen LogP contribution in [0.25, 0.3) is 0 Å². The first-order chi connectivity index (χ1) is 27.6. The number of nitrogens with zero attached hydrogens (tertiary/aromatic N) is 4. The van der Waals surface area contributed by atoms with Gasteiger partial charge in [0.1, 0.15) is 17.3 Å². The molecule has 4 amide bonds. The molecular formula is C41H49F4N7O5S. The Labute approximate surface area is 342 Å². The van der Waals surface area contributed by atoms with Gasteiger partial charge in [-0.2, -0.15) is 18.4 Å². The molecule has 17 heteroatoms. The molecule has 0 saturated carbocycles. The number of carbonyl (C=O) groups excluding carboxylic acids is 4. The number of benzene rings is 3. The molecule has 6 rings (SSSR count).